The predicted octanol–water partition coefficient (Wildman–Crippen LogP) is 5.16. The molecule has 3 aliphatic carbocycles. The third-order valence-electron chi connectivity index (χ3n) is 12.0. The third kappa shape index (κ3) is 7.98. The van der Waals surface area contributed by atoms with Crippen LogP contribution in [-0.4, -0.2) is 88.7 Å². The quantitative estimate of drug-likeness (QED) is 0.197. The molecule has 312 valence electrons. The smallest absolute Gasteiger partial charge is 0.408 e. The Bertz CT molecular complexity index is 2430. The Morgan fingerprint density at radius 2 is 1.81 bits per heavy atom. The van der Waals surface area contributed by atoms with Gasteiger partial charge in [-0.2, -0.15) is 4.98 Å². The van der Waals surface area contributed by atoms with Crippen molar-refractivity contribution in [3.8, 4) is 17.5 Å². The molecule has 0 radical (unpaired) electrons. The number of carbonyl (C=O) groups excluding carboxylic acids is 4. The molecule has 3 aromatic heterocycles. The van der Waals surface area contributed by atoms with Gasteiger partial charge in [-0.25, -0.2) is 22.6 Å². The summed E-state index contributed by atoms with van der Waals surface area (Å²) >= 11 is 0. The number of benzene rings is 1. The number of halogens is 1. The van der Waals surface area contributed by atoms with Gasteiger partial charge in [0.05, 0.1) is 18.1 Å². The topological polar surface area (TPSA) is 212 Å². The molecule has 5 aliphatic rings. The second-order valence-corrected chi connectivity index (χ2v) is 18.2. The molecule has 1 aromatic carbocycles. The number of amides is 4. The van der Waals surface area contributed by atoms with Crippen LogP contribution >= 0.6 is 0 Å². The van der Waals surface area contributed by atoms with Crippen molar-refractivity contribution in [3.05, 3.63) is 54.6 Å². The number of nitrogens with zero attached hydrogens (tertiary/aromatic N) is 3. The van der Waals surface area contributed by atoms with Crippen LogP contribution in [0.1, 0.15) is 83.5 Å². The van der Waals surface area contributed by atoms with Crippen molar-refractivity contribution in [2.45, 2.75) is 119 Å². The van der Waals surface area contributed by atoms with Crippen molar-refractivity contribution < 1.29 is 50.3 Å². The molecule has 5 heterocycles. The number of allylic oxidation sites excluding steroid dienone is 1. The highest BCUT2D eigenvalue weighted by Crippen LogP contribution is 2.46. The van der Waals surface area contributed by atoms with E-state index in [0.717, 1.165) is 38.5 Å². The van der Waals surface area contributed by atoms with Crippen LogP contribution in [0.15, 0.2) is 57.6 Å². The van der Waals surface area contributed by atoms with Crippen molar-refractivity contribution in [1.29, 1.82) is 0 Å². The number of hydrogen-bond donors (Lipinski definition) is 3. The highest BCUT2D eigenvalue weighted by Gasteiger charge is 2.62. The molecule has 16 nitrogen and oxygen atoms in total. The Morgan fingerprint density at radius 1 is 1.00 bits per heavy atom. The van der Waals surface area contributed by atoms with Crippen LogP contribution in [0.5, 0.6) is 5.88 Å². The lowest BCUT2D eigenvalue weighted by Crippen LogP contribution is -2.58. The Morgan fingerprint density at radius 3 is 2.59 bits per heavy atom. The number of carbonyl (C=O) groups is 4. The first-order valence-corrected chi connectivity index (χ1v) is 21.9. The molecule has 18 heteroatoms. The molecule has 3 saturated carbocycles. The molecule has 4 aromatic rings. The number of furan rings is 2. The molecule has 4 fully saturated rings. The number of nitrogens with one attached hydrogen (secondary N) is 3. The summed E-state index contributed by atoms with van der Waals surface area (Å²) in [5.74, 6) is -2.66. The van der Waals surface area contributed by atoms with Crippen molar-refractivity contribution in [3.63, 3.8) is 0 Å². The second kappa shape index (κ2) is 15.6. The standard InChI is InChI=1S/C41H45FN6O10S/c42-24-14-17-31-28(19-24)33-34(58-31)37(45-35(44-33)32-13-8-18-55-32)56-26-20-30-36(49)46-41(39(51)47-59(53,54)27-15-16-27)21-23(41)9-4-2-1-3-5-12-29(38(50)48(30)22-26)43-40(52)57-25-10-6-7-11-25/h4,8-9,13-14,17-19,23,25-27,29-30H,1-3,5-7,10-12,15-16,20-22H2,(H,43,52)(H,46,49)(H,47,51)/b9-4-/t23-,26+,29-,30-,41+/m0/s1. The number of ether oxygens (including phenoxy) is 2. The maximum absolute atomic E-state index is 14.7. The van der Waals surface area contributed by atoms with Crippen LogP contribution in [0.2, 0.25) is 0 Å². The Kier molecular flexibility index (Phi) is 10.3. The lowest BCUT2D eigenvalue weighted by molar-refractivity contribution is -0.141. The maximum Gasteiger partial charge on any atom is 0.408 e. The number of aromatic nitrogens is 2. The molecular formula is C41H45FN6O10S. The van der Waals surface area contributed by atoms with Gasteiger partial charge in [0, 0.05) is 17.7 Å². The van der Waals surface area contributed by atoms with Crippen molar-refractivity contribution in [2.24, 2.45) is 5.92 Å². The summed E-state index contributed by atoms with van der Waals surface area (Å²) in [7, 11) is -3.94. The van der Waals surface area contributed by atoms with Gasteiger partial charge in [-0.1, -0.05) is 25.0 Å². The minimum absolute atomic E-state index is 0.0399. The molecule has 59 heavy (non-hydrogen) atoms. The minimum Gasteiger partial charge on any atom is -0.470 e. The van der Waals surface area contributed by atoms with Gasteiger partial charge in [-0.15, -0.1) is 0 Å². The molecular weight excluding hydrogens is 788 g/mol. The van der Waals surface area contributed by atoms with Gasteiger partial charge in [0.2, 0.25) is 27.4 Å². The van der Waals surface area contributed by atoms with Crippen LogP contribution < -0.4 is 20.1 Å². The first-order valence-electron chi connectivity index (χ1n) is 20.4. The number of hydrogen-bond acceptors (Lipinski definition) is 12. The number of fused-ring (bicyclic) bond motifs is 5. The van der Waals surface area contributed by atoms with E-state index >= 15 is 0 Å². The van der Waals surface area contributed by atoms with E-state index in [4.69, 9.17) is 18.3 Å². The predicted molar refractivity (Wildman–Crippen MR) is 208 cm³/mol. The summed E-state index contributed by atoms with van der Waals surface area (Å²) in [5, 5.41) is 5.35. The second-order valence-electron chi connectivity index (χ2n) is 16.3. The zero-order chi connectivity index (χ0) is 40.9. The molecule has 1 saturated heterocycles. The van der Waals surface area contributed by atoms with Gasteiger partial charge in [0.1, 0.15) is 46.7 Å². The van der Waals surface area contributed by atoms with Crippen molar-refractivity contribution >= 4 is 55.9 Å². The fraction of sp³-hybridized carbons (Fsp3) is 0.512. The molecule has 2 aliphatic heterocycles. The zero-order valence-electron chi connectivity index (χ0n) is 32.2. The molecule has 4 amide bonds. The van der Waals surface area contributed by atoms with E-state index in [1.54, 1.807) is 12.1 Å². The maximum atomic E-state index is 14.7. The van der Waals surface area contributed by atoms with E-state index in [9.17, 15) is 32.0 Å². The van der Waals surface area contributed by atoms with Crippen LogP contribution in [0.25, 0.3) is 33.7 Å². The van der Waals surface area contributed by atoms with Crippen LogP contribution in [-0.2, 0) is 29.1 Å². The van der Waals surface area contributed by atoms with Crippen LogP contribution in [0.3, 0.4) is 0 Å². The van der Waals surface area contributed by atoms with Gasteiger partial charge in [0.15, 0.2) is 11.6 Å². The molecule has 0 unspecified atom stereocenters. The van der Waals surface area contributed by atoms with E-state index in [1.165, 1.54) is 29.4 Å². The van der Waals surface area contributed by atoms with E-state index < -0.39 is 74.5 Å². The highest BCUT2D eigenvalue weighted by molar-refractivity contribution is 7.91. The van der Waals surface area contributed by atoms with E-state index in [1.807, 2.05) is 12.2 Å². The summed E-state index contributed by atoms with van der Waals surface area (Å²) in [6.45, 7) is -0.137. The normalized spacial score (nSPS) is 27.3. The fourth-order valence-corrected chi connectivity index (χ4v) is 9.89. The number of rotatable bonds is 8. The van der Waals surface area contributed by atoms with Gasteiger partial charge in [0.25, 0.3) is 11.8 Å². The van der Waals surface area contributed by atoms with Crippen molar-refractivity contribution in [1.82, 2.24) is 30.2 Å². The largest absolute Gasteiger partial charge is 0.470 e. The van der Waals surface area contributed by atoms with Gasteiger partial charge >= 0.3 is 6.09 Å². The zero-order valence-corrected chi connectivity index (χ0v) is 33.0. The summed E-state index contributed by atoms with van der Waals surface area (Å²) < 4.78 is 66.3. The lowest BCUT2D eigenvalue weighted by atomic mass is 10.0. The molecule has 0 bridgehead atoms. The van der Waals surface area contributed by atoms with E-state index in [-0.39, 0.29) is 54.7 Å². The van der Waals surface area contributed by atoms with E-state index in [2.05, 4.69) is 25.3 Å². The van der Waals surface area contributed by atoms with E-state index in [0.29, 0.717) is 42.4 Å². The first-order chi connectivity index (χ1) is 28.5. The SMILES string of the molecule is O=C(N[C@H]1CCCCC/C=C\[C@H]2C[C@@]2(C(=O)NS(=O)(=O)C2CC2)NC(=O)[C@@H]2C[C@@H](Oc3nc(-c4ccco4)nc4c3oc3ccc(F)cc34)CN2C1=O)OC1CCCC1. The Balaban J connectivity index is 1.05. The minimum atomic E-state index is -3.94. The molecule has 9 rings (SSSR count). The molecule has 5 atom stereocenters. The summed E-state index contributed by atoms with van der Waals surface area (Å²) in [5.41, 5.74) is -0.878. The highest BCUT2D eigenvalue weighted by atomic mass is 32.2. The lowest BCUT2D eigenvalue weighted by Gasteiger charge is -2.30. The number of alkyl carbamates (subject to hydrolysis) is 1. The first kappa shape index (κ1) is 39.0. The summed E-state index contributed by atoms with van der Waals surface area (Å²) in [6, 6.07) is 5.05. The average molecular weight is 833 g/mol. The molecule has 3 N–H and O–H groups in total. The van der Waals surface area contributed by atoms with Crippen molar-refractivity contribution in [2.75, 3.05) is 6.54 Å². The van der Waals surface area contributed by atoms with Crippen LogP contribution in [0, 0.1) is 11.7 Å². The Hall–Kier alpha value is -5.52. The number of sulfonamides is 1. The fourth-order valence-electron chi connectivity index (χ4n) is 8.53. The van der Waals surface area contributed by atoms with Gasteiger partial charge in [-0.3, -0.25) is 19.1 Å². The Labute approximate surface area is 338 Å². The summed E-state index contributed by atoms with van der Waals surface area (Å²) in [4.78, 5) is 66.8. The third-order valence-corrected chi connectivity index (χ3v) is 13.8. The van der Waals surface area contributed by atoms with Gasteiger partial charge in [-0.05, 0) is 94.5 Å². The molecule has 0 spiro atoms. The summed E-state index contributed by atoms with van der Waals surface area (Å²) in [6.07, 6.45) is 10.8. The van der Waals surface area contributed by atoms with Crippen LogP contribution in [0.4, 0.5) is 9.18 Å². The average Bonchev–Trinajstić information content (AvgIpc) is 3.82. The monoisotopic (exact) mass is 832 g/mol. The van der Waals surface area contributed by atoms with Gasteiger partial charge < -0.3 is 33.8 Å².